The van der Waals surface area contributed by atoms with Crippen LogP contribution in [0.2, 0.25) is 0 Å². The zero-order valence-corrected chi connectivity index (χ0v) is 15.7. The molecule has 0 spiro atoms. The Bertz CT molecular complexity index is 617. The van der Waals surface area contributed by atoms with Crippen LogP contribution in [0.4, 0.5) is 5.69 Å². The second-order valence-electron chi connectivity index (χ2n) is 7.59. The van der Waals surface area contributed by atoms with E-state index in [2.05, 4.69) is 10.6 Å². The van der Waals surface area contributed by atoms with Gasteiger partial charge in [-0.05, 0) is 49.8 Å². The van der Waals surface area contributed by atoms with E-state index < -0.39 is 5.41 Å². The van der Waals surface area contributed by atoms with E-state index in [1.54, 1.807) is 7.11 Å². The van der Waals surface area contributed by atoms with Gasteiger partial charge in [-0.2, -0.15) is 0 Å². The summed E-state index contributed by atoms with van der Waals surface area (Å²) in [6.45, 7) is 1.30. The Labute approximate surface area is 155 Å². The van der Waals surface area contributed by atoms with Gasteiger partial charge in [0, 0.05) is 31.9 Å². The number of methoxy groups -OCH3 is 1. The number of anilines is 1. The Morgan fingerprint density at radius 1 is 1.12 bits per heavy atom. The van der Waals surface area contributed by atoms with Crippen molar-refractivity contribution >= 4 is 17.5 Å². The van der Waals surface area contributed by atoms with Gasteiger partial charge in [0.05, 0.1) is 5.41 Å². The number of rotatable bonds is 8. The third-order valence-electron chi connectivity index (χ3n) is 5.61. The molecule has 0 heterocycles. The molecule has 3 rings (SSSR count). The molecule has 1 aromatic carbocycles. The van der Waals surface area contributed by atoms with Crippen LogP contribution in [0, 0.1) is 5.92 Å². The lowest BCUT2D eigenvalue weighted by Gasteiger charge is -2.36. The topological polar surface area (TPSA) is 67.4 Å². The first kappa shape index (κ1) is 18.9. The maximum Gasteiger partial charge on any atom is 0.230 e. The van der Waals surface area contributed by atoms with E-state index in [0.717, 1.165) is 56.2 Å². The fourth-order valence-electron chi connectivity index (χ4n) is 3.85. The molecule has 2 aliphatic carbocycles. The molecule has 0 aliphatic heterocycles. The number of hydrogen-bond donors (Lipinski definition) is 2. The van der Waals surface area contributed by atoms with E-state index >= 15 is 0 Å². The van der Waals surface area contributed by atoms with E-state index in [0.29, 0.717) is 13.2 Å². The van der Waals surface area contributed by atoms with Crippen LogP contribution in [-0.2, 0) is 19.7 Å². The molecule has 2 saturated carbocycles. The summed E-state index contributed by atoms with van der Waals surface area (Å²) in [6, 6.07) is 7.90. The van der Waals surface area contributed by atoms with Gasteiger partial charge in [-0.3, -0.25) is 9.59 Å². The van der Waals surface area contributed by atoms with Crippen molar-refractivity contribution in [2.45, 2.75) is 56.8 Å². The summed E-state index contributed by atoms with van der Waals surface area (Å²) in [5, 5.41) is 6.08. The summed E-state index contributed by atoms with van der Waals surface area (Å²) in [5.74, 6) is 0.432. The van der Waals surface area contributed by atoms with Gasteiger partial charge >= 0.3 is 0 Å². The molecule has 142 valence electrons. The van der Waals surface area contributed by atoms with Gasteiger partial charge in [0.25, 0.3) is 0 Å². The normalized spacial score (nSPS) is 19.0. The van der Waals surface area contributed by atoms with Gasteiger partial charge in [-0.15, -0.1) is 0 Å². The number of carbonyl (C=O) groups is 2. The minimum Gasteiger partial charge on any atom is -0.385 e. The van der Waals surface area contributed by atoms with Gasteiger partial charge in [0.2, 0.25) is 11.8 Å². The van der Waals surface area contributed by atoms with Crippen LogP contribution in [0.1, 0.15) is 56.9 Å². The van der Waals surface area contributed by atoms with Gasteiger partial charge in [-0.1, -0.05) is 31.4 Å². The van der Waals surface area contributed by atoms with Crippen molar-refractivity contribution in [1.82, 2.24) is 5.32 Å². The van der Waals surface area contributed by atoms with Crippen molar-refractivity contribution in [2.24, 2.45) is 5.92 Å². The zero-order valence-electron chi connectivity index (χ0n) is 15.7. The van der Waals surface area contributed by atoms with Crippen LogP contribution >= 0.6 is 0 Å². The zero-order chi connectivity index (χ0) is 18.4. The van der Waals surface area contributed by atoms with E-state index in [1.807, 2.05) is 24.3 Å². The first-order valence-electron chi connectivity index (χ1n) is 9.84. The lowest BCUT2D eigenvalue weighted by atomic mass is 9.68. The monoisotopic (exact) mass is 358 g/mol. The van der Waals surface area contributed by atoms with Crippen molar-refractivity contribution in [3.8, 4) is 0 Å². The highest BCUT2D eigenvalue weighted by molar-refractivity contribution is 5.94. The number of nitrogens with one attached hydrogen (secondary N) is 2. The Balaban J connectivity index is 1.69. The van der Waals surface area contributed by atoms with Crippen molar-refractivity contribution in [3.63, 3.8) is 0 Å². The first-order chi connectivity index (χ1) is 12.7. The Hall–Kier alpha value is -1.88. The fourth-order valence-corrected chi connectivity index (χ4v) is 3.85. The Morgan fingerprint density at radius 3 is 2.42 bits per heavy atom. The summed E-state index contributed by atoms with van der Waals surface area (Å²) in [5.41, 5.74) is 1.44. The minimum atomic E-state index is -0.440. The molecular formula is C21H30N2O3. The second-order valence-corrected chi connectivity index (χ2v) is 7.59. The summed E-state index contributed by atoms with van der Waals surface area (Å²) >= 11 is 0. The van der Waals surface area contributed by atoms with Gasteiger partial charge < -0.3 is 15.4 Å². The maximum atomic E-state index is 13.0. The Kier molecular flexibility index (Phi) is 6.30. The van der Waals surface area contributed by atoms with Crippen molar-refractivity contribution in [1.29, 1.82) is 0 Å². The van der Waals surface area contributed by atoms with Gasteiger partial charge in [-0.25, -0.2) is 0 Å². The van der Waals surface area contributed by atoms with E-state index in [9.17, 15) is 9.59 Å². The van der Waals surface area contributed by atoms with Gasteiger partial charge in [0.1, 0.15) is 0 Å². The molecular weight excluding hydrogens is 328 g/mol. The summed E-state index contributed by atoms with van der Waals surface area (Å²) in [7, 11) is 1.67. The molecule has 26 heavy (non-hydrogen) atoms. The maximum absolute atomic E-state index is 13.0. The SMILES string of the molecule is COCCCNC(=O)C1(c2ccc(NC(=O)C3CC3)cc2)CCCCC1. The average Bonchev–Trinajstić information content (AvgIpc) is 3.51. The third kappa shape index (κ3) is 4.44. The molecule has 2 amide bonds. The standard InChI is InChI=1S/C21H30N2O3/c1-26-15-5-14-22-20(25)21(12-3-2-4-13-21)17-8-10-18(11-9-17)23-19(24)16-6-7-16/h8-11,16H,2-7,12-15H2,1H3,(H,22,25)(H,23,24). The molecule has 5 heteroatoms. The number of benzene rings is 1. The van der Waals surface area contributed by atoms with Crippen LogP contribution in [0.3, 0.4) is 0 Å². The van der Waals surface area contributed by atoms with Crippen molar-refractivity contribution in [3.05, 3.63) is 29.8 Å². The van der Waals surface area contributed by atoms with E-state index in [-0.39, 0.29) is 17.7 Å². The predicted octanol–water partition coefficient (Wildman–Crippen LogP) is 3.39. The summed E-state index contributed by atoms with van der Waals surface area (Å²) in [6.07, 6.45) is 7.93. The lowest BCUT2D eigenvalue weighted by Crippen LogP contribution is -2.46. The minimum absolute atomic E-state index is 0.112. The highest BCUT2D eigenvalue weighted by Crippen LogP contribution is 2.40. The first-order valence-corrected chi connectivity index (χ1v) is 9.84. The molecule has 2 fully saturated rings. The summed E-state index contributed by atoms with van der Waals surface area (Å²) < 4.78 is 5.06. The molecule has 2 N–H and O–H groups in total. The molecule has 0 bridgehead atoms. The van der Waals surface area contributed by atoms with Crippen LogP contribution in [0.25, 0.3) is 0 Å². The van der Waals surface area contributed by atoms with Crippen molar-refractivity contribution in [2.75, 3.05) is 25.6 Å². The molecule has 2 aliphatic rings. The molecule has 0 saturated heterocycles. The van der Waals surface area contributed by atoms with Gasteiger partial charge in [0.15, 0.2) is 0 Å². The molecule has 0 atom stereocenters. The van der Waals surface area contributed by atoms with Crippen LogP contribution in [0.15, 0.2) is 24.3 Å². The smallest absolute Gasteiger partial charge is 0.230 e. The summed E-state index contributed by atoms with van der Waals surface area (Å²) in [4.78, 5) is 24.9. The van der Waals surface area contributed by atoms with E-state index in [1.165, 1.54) is 6.42 Å². The number of carbonyl (C=O) groups excluding carboxylic acids is 2. The highest BCUT2D eigenvalue weighted by Gasteiger charge is 2.40. The third-order valence-corrected chi connectivity index (χ3v) is 5.61. The fraction of sp³-hybridized carbons (Fsp3) is 0.619. The van der Waals surface area contributed by atoms with Crippen LogP contribution in [0.5, 0.6) is 0 Å². The molecule has 0 radical (unpaired) electrons. The lowest BCUT2D eigenvalue weighted by molar-refractivity contribution is -0.128. The average molecular weight is 358 g/mol. The van der Waals surface area contributed by atoms with Crippen molar-refractivity contribution < 1.29 is 14.3 Å². The number of hydrogen-bond acceptors (Lipinski definition) is 3. The largest absolute Gasteiger partial charge is 0.385 e. The number of ether oxygens (including phenoxy) is 1. The van der Waals surface area contributed by atoms with Crippen LogP contribution in [-0.4, -0.2) is 32.1 Å². The molecule has 0 unspecified atom stereocenters. The molecule has 1 aromatic rings. The quantitative estimate of drug-likeness (QED) is 0.700. The second kappa shape index (κ2) is 8.67. The van der Waals surface area contributed by atoms with E-state index in [4.69, 9.17) is 4.74 Å². The Morgan fingerprint density at radius 2 is 1.81 bits per heavy atom. The molecule has 5 nitrogen and oxygen atoms in total. The molecule has 0 aromatic heterocycles. The van der Waals surface area contributed by atoms with Crippen LogP contribution < -0.4 is 10.6 Å². The number of amides is 2. The predicted molar refractivity (Wildman–Crippen MR) is 102 cm³/mol. The highest BCUT2D eigenvalue weighted by atomic mass is 16.5.